The molecule has 128 valence electrons. The molecule has 0 aromatic carbocycles. The van der Waals surface area contributed by atoms with Gasteiger partial charge in [0.2, 0.25) is 5.91 Å². The van der Waals surface area contributed by atoms with Crippen molar-refractivity contribution in [2.75, 3.05) is 39.8 Å². The molecule has 3 heterocycles. The molecule has 0 saturated carbocycles. The van der Waals surface area contributed by atoms with Gasteiger partial charge in [0.25, 0.3) is 0 Å². The largest absolute Gasteiger partial charge is 0.368 e. The first-order valence-corrected chi connectivity index (χ1v) is 8.65. The highest BCUT2D eigenvalue weighted by atomic mass is 16.5. The zero-order valence-corrected chi connectivity index (χ0v) is 14.3. The Morgan fingerprint density at radius 2 is 2.04 bits per heavy atom. The Kier molecular flexibility index (Phi) is 5.33. The van der Waals surface area contributed by atoms with E-state index in [-0.39, 0.29) is 18.6 Å². The quantitative estimate of drug-likeness (QED) is 0.810. The van der Waals surface area contributed by atoms with Crippen molar-refractivity contribution in [2.24, 2.45) is 13.0 Å². The lowest BCUT2D eigenvalue weighted by atomic mass is 10.0. The van der Waals surface area contributed by atoms with Crippen molar-refractivity contribution >= 4 is 5.91 Å². The molecular weight excluding hydrogens is 292 g/mol. The van der Waals surface area contributed by atoms with E-state index < -0.39 is 0 Å². The molecule has 1 unspecified atom stereocenters. The van der Waals surface area contributed by atoms with Crippen LogP contribution in [0.1, 0.15) is 24.8 Å². The van der Waals surface area contributed by atoms with Crippen LogP contribution in [0.4, 0.5) is 0 Å². The van der Waals surface area contributed by atoms with Crippen LogP contribution in [-0.2, 0) is 23.0 Å². The van der Waals surface area contributed by atoms with Gasteiger partial charge in [-0.15, -0.1) is 0 Å². The molecule has 2 aliphatic heterocycles. The summed E-state index contributed by atoms with van der Waals surface area (Å²) in [5.74, 6) is 0.698. The summed E-state index contributed by atoms with van der Waals surface area (Å²) in [4.78, 5) is 16.6. The molecule has 1 aromatic rings. The number of hydrogen-bond donors (Lipinski definition) is 0. The highest BCUT2D eigenvalue weighted by Crippen LogP contribution is 2.21. The fraction of sp³-hybridized carbons (Fsp3) is 0.765. The Hall–Kier alpha value is -1.40. The summed E-state index contributed by atoms with van der Waals surface area (Å²) in [6.07, 6.45) is 8.40. The minimum Gasteiger partial charge on any atom is -0.368 e. The third-order valence-corrected chi connectivity index (χ3v) is 5.03. The molecule has 6 heteroatoms. The SMILES string of the molecule is CN1CCC(OCC(=O)N2CCC(Cc3cnn(C)c3)C2)CC1. The van der Waals surface area contributed by atoms with Crippen molar-refractivity contribution in [3.8, 4) is 0 Å². The zero-order chi connectivity index (χ0) is 16.2. The number of aromatic nitrogens is 2. The third-order valence-electron chi connectivity index (χ3n) is 5.03. The first-order chi connectivity index (χ1) is 11.1. The Balaban J connectivity index is 1.39. The van der Waals surface area contributed by atoms with Crippen LogP contribution < -0.4 is 0 Å². The van der Waals surface area contributed by atoms with E-state index in [1.165, 1.54) is 5.56 Å². The predicted molar refractivity (Wildman–Crippen MR) is 88.1 cm³/mol. The van der Waals surface area contributed by atoms with E-state index in [9.17, 15) is 4.79 Å². The normalized spacial score (nSPS) is 23.6. The summed E-state index contributed by atoms with van der Waals surface area (Å²) < 4.78 is 7.67. The van der Waals surface area contributed by atoms with Crippen molar-refractivity contribution < 1.29 is 9.53 Å². The first-order valence-electron chi connectivity index (χ1n) is 8.65. The number of rotatable bonds is 5. The van der Waals surface area contributed by atoms with E-state index in [0.29, 0.717) is 5.92 Å². The maximum Gasteiger partial charge on any atom is 0.248 e. The van der Waals surface area contributed by atoms with Gasteiger partial charge in [0.1, 0.15) is 6.61 Å². The number of aryl methyl sites for hydroxylation is 1. The number of amides is 1. The van der Waals surface area contributed by atoms with Crippen LogP contribution in [0, 0.1) is 5.92 Å². The van der Waals surface area contributed by atoms with Gasteiger partial charge in [0, 0.05) is 39.4 Å². The third kappa shape index (κ3) is 4.54. The monoisotopic (exact) mass is 320 g/mol. The molecular formula is C17H28N4O2. The van der Waals surface area contributed by atoms with Crippen LogP contribution in [0.15, 0.2) is 12.4 Å². The lowest BCUT2D eigenvalue weighted by Gasteiger charge is -2.29. The van der Waals surface area contributed by atoms with Gasteiger partial charge >= 0.3 is 0 Å². The molecule has 0 N–H and O–H groups in total. The minimum atomic E-state index is 0.151. The molecule has 3 rings (SSSR count). The Labute approximate surface area is 138 Å². The van der Waals surface area contributed by atoms with Gasteiger partial charge in [-0.25, -0.2) is 0 Å². The Morgan fingerprint density at radius 3 is 2.74 bits per heavy atom. The highest BCUT2D eigenvalue weighted by Gasteiger charge is 2.27. The molecule has 6 nitrogen and oxygen atoms in total. The fourth-order valence-electron chi connectivity index (χ4n) is 3.57. The topological polar surface area (TPSA) is 50.6 Å². The van der Waals surface area contributed by atoms with Crippen molar-refractivity contribution in [1.82, 2.24) is 19.6 Å². The molecule has 2 saturated heterocycles. The van der Waals surface area contributed by atoms with Crippen molar-refractivity contribution in [3.63, 3.8) is 0 Å². The molecule has 2 fully saturated rings. The number of ether oxygens (including phenoxy) is 1. The van der Waals surface area contributed by atoms with Gasteiger partial charge in [0.05, 0.1) is 12.3 Å². The second-order valence-corrected chi connectivity index (χ2v) is 7.03. The van der Waals surface area contributed by atoms with E-state index in [2.05, 4.69) is 23.2 Å². The summed E-state index contributed by atoms with van der Waals surface area (Å²) in [5.41, 5.74) is 1.26. The van der Waals surface area contributed by atoms with E-state index >= 15 is 0 Å². The summed E-state index contributed by atoms with van der Waals surface area (Å²) >= 11 is 0. The average molecular weight is 320 g/mol. The number of carbonyl (C=O) groups is 1. The predicted octanol–water partition coefficient (Wildman–Crippen LogP) is 0.922. The Bertz CT molecular complexity index is 522. The summed E-state index contributed by atoms with van der Waals surface area (Å²) in [7, 11) is 4.07. The number of carbonyl (C=O) groups excluding carboxylic acids is 1. The molecule has 0 bridgehead atoms. The number of piperidine rings is 1. The van der Waals surface area contributed by atoms with Gasteiger partial charge in [-0.1, -0.05) is 0 Å². The van der Waals surface area contributed by atoms with E-state index in [0.717, 1.165) is 51.9 Å². The smallest absolute Gasteiger partial charge is 0.248 e. The first kappa shape index (κ1) is 16.5. The van der Waals surface area contributed by atoms with Crippen LogP contribution in [0.2, 0.25) is 0 Å². The molecule has 1 aromatic heterocycles. The summed E-state index contributed by atoms with van der Waals surface area (Å²) in [5, 5.41) is 4.21. The van der Waals surface area contributed by atoms with Gasteiger partial charge in [-0.3, -0.25) is 9.48 Å². The second kappa shape index (κ2) is 7.45. The number of likely N-dealkylation sites (tertiary alicyclic amines) is 2. The molecule has 1 atom stereocenters. The van der Waals surface area contributed by atoms with Gasteiger partial charge < -0.3 is 14.5 Å². The van der Waals surface area contributed by atoms with Crippen LogP contribution >= 0.6 is 0 Å². The van der Waals surface area contributed by atoms with Crippen molar-refractivity contribution in [3.05, 3.63) is 18.0 Å². The van der Waals surface area contributed by atoms with Crippen LogP contribution in [0.25, 0.3) is 0 Å². The number of nitrogens with zero attached hydrogens (tertiary/aromatic N) is 4. The van der Waals surface area contributed by atoms with Gasteiger partial charge in [-0.05, 0) is 44.2 Å². The second-order valence-electron chi connectivity index (χ2n) is 7.03. The molecule has 0 radical (unpaired) electrons. The number of hydrogen-bond acceptors (Lipinski definition) is 4. The van der Waals surface area contributed by atoms with E-state index in [4.69, 9.17) is 4.74 Å². The van der Waals surface area contributed by atoms with Crippen molar-refractivity contribution in [1.29, 1.82) is 0 Å². The maximum atomic E-state index is 12.3. The van der Waals surface area contributed by atoms with E-state index in [1.54, 1.807) is 0 Å². The molecule has 2 aliphatic rings. The highest BCUT2D eigenvalue weighted by molar-refractivity contribution is 5.77. The van der Waals surface area contributed by atoms with Crippen molar-refractivity contribution in [2.45, 2.75) is 31.8 Å². The zero-order valence-electron chi connectivity index (χ0n) is 14.3. The maximum absolute atomic E-state index is 12.3. The minimum absolute atomic E-state index is 0.151. The van der Waals surface area contributed by atoms with Gasteiger partial charge in [-0.2, -0.15) is 5.10 Å². The lowest BCUT2D eigenvalue weighted by Crippen LogP contribution is -2.37. The van der Waals surface area contributed by atoms with Crippen LogP contribution in [0.3, 0.4) is 0 Å². The molecule has 23 heavy (non-hydrogen) atoms. The lowest BCUT2D eigenvalue weighted by molar-refractivity contribution is -0.138. The van der Waals surface area contributed by atoms with Gasteiger partial charge in [0.15, 0.2) is 0 Å². The van der Waals surface area contributed by atoms with E-state index in [1.807, 2.05) is 22.8 Å². The van der Waals surface area contributed by atoms with Crippen LogP contribution in [0.5, 0.6) is 0 Å². The van der Waals surface area contributed by atoms with Crippen LogP contribution in [-0.4, -0.2) is 71.4 Å². The summed E-state index contributed by atoms with van der Waals surface area (Å²) in [6, 6.07) is 0. The Morgan fingerprint density at radius 1 is 1.26 bits per heavy atom. The molecule has 0 spiro atoms. The fourth-order valence-corrected chi connectivity index (χ4v) is 3.57. The molecule has 0 aliphatic carbocycles. The standard InChI is InChI=1S/C17H28N4O2/c1-19-6-4-16(5-7-19)23-13-17(22)21-8-3-14(12-21)9-15-10-18-20(2)11-15/h10-11,14,16H,3-9,12-13H2,1-2H3. The molecule has 1 amide bonds. The average Bonchev–Trinajstić information content (AvgIpc) is 3.16. The summed E-state index contributed by atoms with van der Waals surface area (Å²) in [6.45, 7) is 4.09.